The lowest BCUT2D eigenvalue weighted by Crippen LogP contribution is -2.54. The number of hydrogen-bond acceptors (Lipinski definition) is 2. The third-order valence-electron chi connectivity index (χ3n) is 4.37. The number of guanidine groups is 1. The molecule has 0 bridgehead atoms. The maximum absolute atomic E-state index is 5.51. The Labute approximate surface area is 104 Å². The molecule has 1 heterocycles. The summed E-state index contributed by atoms with van der Waals surface area (Å²) >= 11 is 0. The monoisotopic (exact) mass is 238 g/mol. The predicted molar refractivity (Wildman–Crippen MR) is 71.9 cm³/mol. The van der Waals surface area contributed by atoms with Crippen LogP contribution in [0.15, 0.2) is 4.99 Å². The van der Waals surface area contributed by atoms with E-state index < -0.39 is 0 Å². The first-order valence-electron chi connectivity index (χ1n) is 7.03. The Morgan fingerprint density at radius 1 is 0.941 bits per heavy atom. The normalized spacial score (nSPS) is 25.4. The highest BCUT2D eigenvalue weighted by Gasteiger charge is 2.38. The summed E-state index contributed by atoms with van der Waals surface area (Å²) in [4.78, 5) is 6.99. The van der Waals surface area contributed by atoms with Crippen LogP contribution in [0, 0.1) is 0 Å². The fourth-order valence-corrected chi connectivity index (χ4v) is 3.39. The average Bonchev–Trinajstić information content (AvgIpc) is 2.39. The van der Waals surface area contributed by atoms with Gasteiger partial charge >= 0.3 is 0 Å². The van der Waals surface area contributed by atoms with Gasteiger partial charge in [-0.15, -0.1) is 0 Å². The van der Waals surface area contributed by atoms with Gasteiger partial charge in [-0.3, -0.25) is 9.89 Å². The molecule has 4 N–H and O–H groups in total. The molecule has 2 fully saturated rings. The molecule has 0 spiro atoms. The topological polar surface area (TPSA) is 67.6 Å². The molecule has 2 aliphatic rings. The molecule has 1 aliphatic heterocycles. The van der Waals surface area contributed by atoms with Gasteiger partial charge in [0.1, 0.15) is 0 Å². The van der Waals surface area contributed by atoms with Gasteiger partial charge in [0.15, 0.2) is 5.96 Å². The van der Waals surface area contributed by atoms with Gasteiger partial charge in [-0.1, -0.05) is 25.7 Å². The van der Waals surface area contributed by atoms with Crippen molar-refractivity contribution in [1.82, 2.24) is 4.90 Å². The summed E-state index contributed by atoms with van der Waals surface area (Å²) in [7, 11) is 0. The Morgan fingerprint density at radius 3 is 2.12 bits per heavy atom. The molecule has 17 heavy (non-hydrogen) atoms. The van der Waals surface area contributed by atoms with Gasteiger partial charge in [-0.2, -0.15) is 0 Å². The summed E-state index contributed by atoms with van der Waals surface area (Å²) in [5.41, 5.74) is 11.3. The van der Waals surface area contributed by atoms with Gasteiger partial charge < -0.3 is 11.5 Å². The number of nitrogens with two attached hydrogens (primary N) is 2. The SMILES string of the molecule is NC(N)=NCC1(N2CCCCC2)CCCCC1. The molecule has 2 rings (SSSR count). The highest BCUT2D eigenvalue weighted by atomic mass is 15.2. The minimum atomic E-state index is 0.243. The van der Waals surface area contributed by atoms with Gasteiger partial charge in [-0.25, -0.2) is 0 Å². The smallest absolute Gasteiger partial charge is 0.185 e. The predicted octanol–water partition coefficient (Wildman–Crippen LogP) is 1.45. The molecule has 0 aromatic carbocycles. The van der Waals surface area contributed by atoms with Crippen LogP contribution in [0.2, 0.25) is 0 Å². The molecule has 4 heteroatoms. The minimum Gasteiger partial charge on any atom is -0.370 e. The quantitative estimate of drug-likeness (QED) is 0.577. The largest absolute Gasteiger partial charge is 0.370 e. The first-order valence-corrected chi connectivity index (χ1v) is 7.03. The zero-order valence-corrected chi connectivity index (χ0v) is 10.8. The summed E-state index contributed by atoms with van der Waals surface area (Å²) in [5, 5.41) is 0. The van der Waals surface area contributed by atoms with Crippen molar-refractivity contribution >= 4 is 5.96 Å². The summed E-state index contributed by atoms with van der Waals surface area (Å²) in [6.45, 7) is 3.27. The molecule has 0 aromatic heterocycles. The lowest BCUT2D eigenvalue weighted by atomic mass is 9.79. The molecular formula is C13H26N4. The van der Waals surface area contributed by atoms with Crippen LogP contribution in [0.5, 0.6) is 0 Å². The van der Waals surface area contributed by atoms with E-state index in [1.807, 2.05) is 0 Å². The summed E-state index contributed by atoms with van der Waals surface area (Å²) in [6.07, 6.45) is 10.6. The van der Waals surface area contributed by atoms with Gasteiger partial charge in [0, 0.05) is 5.54 Å². The van der Waals surface area contributed by atoms with E-state index in [0.29, 0.717) is 0 Å². The highest BCUT2D eigenvalue weighted by Crippen LogP contribution is 2.35. The van der Waals surface area contributed by atoms with Crippen LogP contribution in [0.4, 0.5) is 0 Å². The molecule has 0 atom stereocenters. The van der Waals surface area contributed by atoms with Crippen molar-refractivity contribution in [2.24, 2.45) is 16.5 Å². The Morgan fingerprint density at radius 2 is 1.53 bits per heavy atom. The lowest BCUT2D eigenvalue weighted by molar-refractivity contribution is 0.0408. The molecule has 4 nitrogen and oxygen atoms in total. The maximum atomic E-state index is 5.51. The zero-order valence-electron chi connectivity index (χ0n) is 10.8. The molecule has 98 valence electrons. The third kappa shape index (κ3) is 3.12. The van der Waals surface area contributed by atoms with Crippen LogP contribution in [0.3, 0.4) is 0 Å². The summed E-state index contributed by atoms with van der Waals surface area (Å²) in [5.74, 6) is 0.243. The van der Waals surface area contributed by atoms with Crippen molar-refractivity contribution in [2.75, 3.05) is 19.6 Å². The van der Waals surface area contributed by atoms with E-state index in [1.165, 1.54) is 64.5 Å². The Kier molecular flexibility index (Phi) is 4.26. The maximum Gasteiger partial charge on any atom is 0.185 e. The third-order valence-corrected chi connectivity index (χ3v) is 4.37. The van der Waals surface area contributed by atoms with E-state index in [2.05, 4.69) is 9.89 Å². The van der Waals surface area contributed by atoms with E-state index in [0.717, 1.165) is 6.54 Å². The van der Waals surface area contributed by atoms with Crippen molar-refractivity contribution in [3.05, 3.63) is 0 Å². The van der Waals surface area contributed by atoms with Gasteiger partial charge in [0.2, 0.25) is 0 Å². The molecule has 1 saturated heterocycles. The van der Waals surface area contributed by atoms with Gasteiger partial charge in [0.25, 0.3) is 0 Å². The molecule has 0 radical (unpaired) electrons. The highest BCUT2D eigenvalue weighted by molar-refractivity contribution is 5.75. The number of piperidine rings is 1. The second kappa shape index (κ2) is 5.71. The van der Waals surface area contributed by atoms with Crippen molar-refractivity contribution in [3.63, 3.8) is 0 Å². The minimum absolute atomic E-state index is 0.243. The van der Waals surface area contributed by atoms with Crippen LogP contribution in [-0.2, 0) is 0 Å². The van der Waals surface area contributed by atoms with Crippen molar-refractivity contribution in [1.29, 1.82) is 0 Å². The number of aliphatic imine (C=N–C) groups is 1. The molecular weight excluding hydrogens is 212 g/mol. The lowest BCUT2D eigenvalue weighted by Gasteiger charge is -2.47. The number of rotatable bonds is 3. The molecule has 0 unspecified atom stereocenters. The molecule has 1 aliphatic carbocycles. The van der Waals surface area contributed by atoms with Crippen molar-refractivity contribution in [2.45, 2.75) is 56.9 Å². The van der Waals surface area contributed by atoms with Gasteiger partial charge in [0.05, 0.1) is 6.54 Å². The first kappa shape index (κ1) is 12.7. The van der Waals surface area contributed by atoms with Crippen LogP contribution < -0.4 is 11.5 Å². The van der Waals surface area contributed by atoms with Gasteiger partial charge in [-0.05, 0) is 38.8 Å². The van der Waals surface area contributed by atoms with Crippen molar-refractivity contribution < 1.29 is 0 Å². The summed E-state index contributed by atoms with van der Waals surface area (Å²) < 4.78 is 0. The Bertz CT molecular complexity index is 259. The number of nitrogens with zero attached hydrogens (tertiary/aromatic N) is 2. The standard InChI is InChI=1S/C13H26N4/c14-12(15)16-11-13(7-3-1-4-8-13)17-9-5-2-6-10-17/h1-11H2,(H4,14,15,16). The molecule has 0 aromatic rings. The van der Waals surface area contributed by atoms with E-state index in [1.54, 1.807) is 0 Å². The van der Waals surface area contributed by atoms with Crippen molar-refractivity contribution in [3.8, 4) is 0 Å². The van der Waals surface area contributed by atoms with Crippen LogP contribution >= 0.6 is 0 Å². The fourth-order valence-electron chi connectivity index (χ4n) is 3.39. The fraction of sp³-hybridized carbons (Fsp3) is 0.923. The second-order valence-corrected chi connectivity index (χ2v) is 5.57. The van der Waals surface area contributed by atoms with E-state index in [9.17, 15) is 0 Å². The Balaban J connectivity index is 2.07. The van der Waals surface area contributed by atoms with E-state index >= 15 is 0 Å². The van der Waals surface area contributed by atoms with Crippen LogP contribution in [0.1, 0.15) is 51.4 Å². The van der Waals surface area contributed by atoms with Crippen LogP contribution in [-0.4, -0.2) is 36.0 Å². The first-order chi connectivity index (χ1) is 8.23. The summed E-state index contributed by atoms with van der Waals surface area (Å²) in [6, 6.07) is 0. The molecule has 0 amide bonds. The zero-order chi connectivity index (χ0) is 12.1. The number of hydrogen-bond donors (Lipinski definition) is 2. The average molecular weight is 238 g/mol. The Hall–Kier alpha value is -0.770. The van der Waals surface area contributed by atoms with E-state index in [4.69, 9.17) is 11.5 Å². The second-order valence-electron chi connectivity index (χ2n) is 5.57. The van der Waals surface area contributed by atoms with Crippen LogP contribution in [0.25, 0.3) is 0 Å². The number of likely N-dealkylation sites (tertiary alicyclic amines) is 1. The van der Waals surface area contributed by atoms with E-state index in [-0.39, 0.29) is 11.5 Å². The molecule has 1 saturated carbocycles.